The molecule has 122 valence electrons. The molecule has 0 saturated heterocycles. The van der Waals surface area contributed by atoms with Crippen molar-refractivity contribution in [2.75, 3.05) is 13.1 Å². The summed E-state index contributed by atoms with van der Waals surface area (Å²) in [4.78, 5) is 0.260. The van der Waals surface area contributed by atoms with E-state index in [1.165, 1.54) is 24.5 Å². The predicted octanol–water partition coefficient (Wildman–Crippen LogP) is 2.73. The van der Waals surface area contributed by atoms with E-state index < -0.39 is 10.0 Å². The molecule has 1 aromatic heterocycles. The molecule has 1 aliphatic carbocycles. The number of benzene rings is 1. The molecule has 23 heavy (non-hydrogen) atoms. The maximum atomic E-state index is 12.8. The first-order valence-corrected chi connectivity index (χ1v) is 9.69. The third-order valence-corrected chi connectivity index (χ3v) is 6.73. The third-order valence-electron chi connectivity index (χ3n) is 4.61. The second-order valence-corrected chi connectivity index (χ2v) is 8.58. The average Bonchev–Trinajstić information content (AvgIpc) is 3.32. The molecule has 1 fully saturated rings. The van der Waals surface area contributed by atoms with Crippen LogP contribution in [-0.2, 0) is 22.9 Å². The molecular weight excluding hydrogens is 334 g/mol. The maximum absolute atomic E-state index is 12.8. The van der Waals surface area contributed by atoms with E-state index in [9.17, 15) is 8.42 Å². The van der Waals surface area contributed by atoms with E-state index in [2.05, 4.69) is 10.2 Å². The fraction of sp³-hybridized carbons (Fsp3) is 0.438. The summed E-state index contributed by atoms with van der Waals surface area (Å²) in [5.41, 5.74) is 3.48. The minimum absolute atomic E-state index is 0.260. The van der Waals surface area contributed by atoms with Gasteiger partial charge in [0.15, 0.2) is 0 Å². The van der Waals surface area contributed by atoms with Crippen LogP contribution in [-0.4, -0.2) is 36.0 Å². The van der Waals surface area contributed by atoms with Gasteiger partial charge < -0.3 is 0 Å². The van der Waals surface area contributed by atoms with Crippen molar-refractivity contribution in [3.8, 4) is 0 Å². The summed E-state index contributed by atoms with van der Waals surface area (Å²) in [6.07, 6.45) is 3.79. The van der Waals surface area contributed by atoms with E-state index in [1.807, 2.05) is 0 Å². The lowest BCUT2D eigenvalue weighted by molar-refractivity contribution is 0.425. The van der Waals surface area contributed by atoms with Gasteiger partial charge in [-0.3, -0.25) is 5.10 Å². The first kappa shape index (κ1) is 15.2. The van der Waals surface area contributed by atoms with Crippen LogP contribution >= 0.6 is 11.6 Å². The van der Waals surface area contributed by atoms with Gasteiger partial charge in [0.05, 0.1) is 10.6 Å². The fourth-order valence-corrected chi connectivity index (χ4v) is 4.94. The highest BCUT2D eigenvalue weighted by Crippen LogP contribution is 2.41. The first-order valence-electron chi connectivity index (χ1n) is 7.87. The molecule has 0 bridgehead atoms. The largest absolute Gasteiger partial charge is 0.282 e. The van der Waals surface area contributed by atoms with Crippen LogP contribution in [0, 0.1) is 0 Å². The maximum Gasteiger partial charge on any atom is 0.243 e. The number of rotatable bonds is 3. The Hall–Kier alpha value is -1.37. The van der Waals surface area contributed by atoms with Crippen LogP contribution in [0.15, 0.2) is 29.2 Å². The fourth-order valence-electron chi connectivity index (χ4n) is 3.20. The van der Waals surface area contributed by atoms with Gasteiger partial charge >= 0.3 is 0 Å². The highest BCUT2D eigenvalue weighted by Gasteiger charge is 2.33. The van der Waals surface area contributed by atoms with Crippen molar-refractivity contribution in [3.05, 3.63) is 46.2 Å². The van der Waals surface area contributed by atoms with Crippen molar-refractivity contribution in [2.24, 2.45) is 0 Å². The summed E-state index contributed by atoms with van der Waals surface area (Å²) < 4.78 is 27.2. The number of aromatic nitrogens is 2. The number of hydrogen-bond donors (Lipinski definition) is 1. The van der Waals surface area contributed by atoms with Gasteiger partial charge in [0.25, 0.3) is 0 Å². The summed E-state index contributed by atoms with van der Waals surface area (Å²) >= 11 is 5.94. The Morgan fingerprint density at radius 3 is 2.74 bits per heavy atom. The van der Waals surface area contributed by atoms with E-state index in [0.717, 1.165) is 17.8 Å². The molecule has 2 aliphatic rings. The van der Waals surface area contributed by atoms with Crippen molar-refractivity contribution in [3.63, 3.8) is 0 Å². The van der Waals surface area contributed by atoms with Gasteiger partial charge in [0, 0.05) is 36.1 Å². The second-order valence-electron chi connectivity index (χ2n) is 6.20. The molecule has 0 atom stereocenters. The van der Waals surface area contributed by atoms with Gasteiger partial charge in [-0.25, -0.2) is 8.42 Å². The van der Waals surface area contributed by atoms with Crippen molar-refractivity contribution in [1.82, 2.24) is 14.5 Å². The van der Waals surface area contributed by atoms with Crippen molar-refractivity contribution < 1.29 is 8.42 Å². The lowest BCUT2D eigenvalue weighted by Crippen LogP contribution is -2.33. The number of aromatic amines is 1. The van der Waals surface area contributed by atoms with Gasteiger partial charge in [0.1, 0.15) is 0 Å². The van der Waals surface area contributed by atoms with Gasteiger partial charge in [-0.1, -0.05) is 17.7 Å². The second kappa shape index (κ2) is 5.61. The number of sulfonamides is 1. The first-order chi connectivity index (χ1) is 11.1. The Bertz CT molecular complexity index is 843. The zero-order chi connectivity index (χ0) is 16.0. The quantitative estimate of drug-likeness (QED) is 0.924. The van der Waals surface area contributed by atoms with Gasteiger partial charge in [0.2, 0.25) is 10.0 Å². The lowest BCUT2D eigenvalue weighted by Gasteiger charge is -2.20. The molecule has 0 amide bonds. The Labute approximate surface area is 140 Å². The van der Waals surface area contributed by atoms with Crippen molar-refractivity contribution >= 4 is 21.6 Å². The van der Waals surface area contributed by atoms with E-state index in [4.69, 9.17) is 11.6 Å². The number of nitrogens with zero attached hydrogens (tertiary/aromatic N) is 2. The van der Waals surface area contributed by atoms with Crippen LogP contribution in [0.4, 0.5) is 0 Å². The number of fused-ring (bicyclic) bond motifs is 1. The van der Waals surface area contributed by atoms with E-state index in [1.54, 1.807) is 22.5 Å². The number of halogens is 1. The molecule has 1 aliphatic heterocycles. The summed E-state index contributed by atoms with van der Waals surface area (Å²) in [6, 6.07) is 6.47. The highest BCUT2D eigenvalue weighted by molar-refractivity contribution is 7.89. The Balaban J connectivity index is 1.60. The molecular formula is C16H18ClN3O2S. The van der Waals surface area contributed by atoms with Gasteiger partial charge in [-0.05, 0) is 43.0 Å². The SMILES string of the molecule is O=S(=O)(c1cccc(Cl)c1)N1CCc2[nH]nc(C3CC3)c2CC1. The van der Waals surface area contributed by atoms with Crippen LogP contribution in [0.1, 0.15) is 35.7 Å². The third kappa shape index (κ3) is 2.79. The summed E-state index contributed by atoms with van der Waals surface area (Å²) in [5, 5.41) is 8.00. The number of H-pyrrole nitrogens is 1. The van der Waals surface area contributed by atoms with E-state index >= 15 is 0 Å². The molecule has 0 spiro atoms. The zero-order valence-corrected chi connectivity index (χ0v) is 14.2. The Morgan fingerprint density at radius 2 is 2.00 bits per heavy atom. The molecule has 2 heterocycles. The standard InChI is InChI=1S/C16H18ClN3O2S/c17-12-2-1-3-13(10-12)23(21,22)20-8-6-14-15(7-9-20)18-19-16(14)11-4-5-11/h1-3,10-11H,4-9H2,(H,18,19). The van der Waals surface area contributed by atoms with Crippen LogP contribution in [0.25, 0.3) is 0 Å². The molecule has 2 aromatic rings. The average molecular weight is 352 g/mol. The molecule has 1 saturated carbocycles. The Kier molecular flexibility index (Phi) is 3.70. The Morgan fingerprint density at radius 1 is 1.22 bits per heavy atom. The normalized spacial score (nSPS) is 19.3. The number of nitrogens with one attached hydrogen (secondary N) is 1. The van der Waals surface area contributed by atoms with Crippen molar-refractivity contribution in [2.45, 2.75) is 36.5 Å². The van der Waals surface area contributed by atoms with Gasteiger partial charge in [-0.2, -0.15) is 9.40 Å². The lowest BCUT2D eigenvalue weighted by atomic mass is 10.1. The molecule has 7 heteroatoms. The molecule has 0 radical (unpaired) electrons. The predicted molar refractivity (Wildman–Crippen MR) is 88.2 cm³/mol. The van der Waals surface area contributed by atoms with Crippen molar-refractivity contribution in [1.29, 1.82) is 0 Å². The van der Waals surface area contributed by atoms with Crippen LogP contribution in [0.3, 0.4) is 0 Å². The molecule has 1 aromatic carbocycles. The zero-order valence-electron chi connectivity index (χ0n) is 12.6. The number of hydrogen-bond acceptors (Lipinski definition) is 3. The van der Waals surface area contributed by atoms with Crippen LogP contribution in [0.5, 0.6) is 0 Å². The highest BCUT2D eigenvalue weighted by atomic mass is 35.5. The topological polar surface area (TPSA) is 66.1 Å². The monoisotopic (exact) mass is 351 g/mol. The molecule has 0 unspecified atom stereocenters. The van der Waals surface area contributed by atoms with E-state index in [0.29, 0.717) is 30.5 Å². The van der Waals surface area contributed by atoms with E-state index in [-0.39, 0.29) is 4.90 Å². The van der Waals surface area contributed by atoms with Gasteiger partial charge in [-0.15, -0.1) is 0 Å². The molecule has 1 N–H and O–H groups in total. The minimum atomic E-state index is -3.51. The summed E-state index contributed by atoms with van der Waals surface area (Å²) in [7, 11) is -3.51. The molecule has 5 nitrogen and oxygen atoms in total. The summed E-state index contributed by atoms with van der Waals surface area (Å²) in [5.74, 6) is 0.575. The summed E-state index contributed by atoms with van der Waals surface area (Å²) in [6.45, 7) is 0.954. The smallest absolute Gasteiger partial charge is 0.243 e. The minimum Gasteiger partial charge on any atom is -0.282 e. The van der Waals surface area contributed by atoms with Crippen LogP contribution in [0.2, 0.25) is 5.02 Å². The van der Waals surface area contributed by atoms with Crippen LogP contribution < -0.4 is 0 Å². The molecule has 4 rings (SSSR count).